The van der Waals surface area contributed by atoms with Gasteiger partial charge in [0, 0.05) is 11.3 Å². The summed E-state index contributed by atoms with van der Waals surface area (Å²) in [6, 6.07) is 17.2. The van der Waals surface area contributed by atoms with Crippen LogP contribution in [-0.4, -0.2) is 43.8 Å². The number of carbonyl (C=O) groups is 1. The summed E-state index contributed by atoms with van der Waals surface area (Å²) in [7, 11) is 1.62. The number of nitrogens with one attached hydrogen (secondary N) is 2. The third kappa shape index (κ3) is 5.01. The Bertz CT molecular complexity index is 1250. The van der Waals surface area contributed by atoms with Crippen LogP contribution in [0.25, 0.3) is 22.8 Å². The van der Waals surface area contributed by atoms with Gasteiger partial charge in [0.1, 0.15) is 11.4 Å². The van der Waals surface area contributed by atoms with Gasteiger partial charge in [0.15, 0.2) is 0 Å². The van der Waals surface area contributed by atoms with Crippen LogP contribution in [0.4, 0.5) is 5.69 Å². The SMILES string of the molecule is COc1ccc(-c2cc(-c3nnc(SCC(=O)Nc4ccccc4C(C)C)n3N)[nH]n2)cc1. The van der Waals surface area contributed by atoms with Crippen molar-refractivity contribution in [2.45, 2.75) is 24.9 Å². The number of thioether (sulfide) groups is 1. The number of nitrogens with zero attached hydrogens (tertiary/aromatic N) is 4. The Kier molecular flexibility index (Phi) is 6.64. The van der Waals surface area contributed by atoms with Crippen molar-refractivity contribution in [3.8, 4) is 28.5 Å². The number of nitrogen functional groups attached to an aromatic ring is 1. The highest BCUT2D eigenvalue weighted by Crippen LogP contribution is 2.27. The summed E-state index contributed by atoms with van der Waals surface area (Å²) in [5.74, 6) is 7.72. The molecule has 33 heavy (non-hydrogen) atoms. The number of benzene rings is 2. The van der Waals surface area contributed by atoms with Crippen molar-refractivity contribution in [3.63, 3.8) is 0 Å². The number of aromatic amines is 1. The molecule has 10 heteroatoms. The molecule has 2 aromatic heterocycles. The topological polar surface area (TPSA) is 124 Å². The van der Waals surface area contributed by atoms with Crippen LogP contribution < -0.4 is 15.9 Å². The first-order valence-electron chi connectivity index (χ1n) is 10.4. The van der Waals surface area contributed by atoms with Gasteiger partial charge >= 0.3 is 0 Å². The van der Waals surface area contributed by atoms with Crippen molar-refractivity contribution in [2.24, 2.45) is 0 Å². The van der Waals surface area contributed by atoms with Crippen molar-refractivity contribution in [1.29, 1.82) is 0 Å². The Morgan fingerprint density at radius 1 is 1.18 bits per heavy atom. The van der Waals surface area contributed by atoms with Crippen LogP contribution in [0.15, 0.2) is 59.8 Å². The van der Waals surface area contributed by atoms with E-state index in [2.05, 4.69) is 39.6 Å². The summed E-state index contributed by atoms with van der Waals surface area (Å²) in [5.41, 5.74) is 4.20. The van der Waals surface area contributed by atoms with Crippen molar-refractivity contribution in [2.75, 3.05) is 24.0 Å². The first-order chi connectivity index (χ1) is 16.0. The van der Waals surface area contributed by atoms with Crippen LogP contribution in [0.3, 0.4) is 0 Å². The number of aromatic nitrogens is 5. The van der Waals surface area contributed by atoms with Crippen molar-refractivity contribution >= 4 is 23.4 Å². The second-order valence-electron chi connectivity index (χ2n) is 7.65. The number of ether oxygens (including phenoxy) is 1. The lowest BCUT2D eigenvalue weighted by atomic mass is 10.0. The standard InChI is InChI=1S/C23H25N7O2S/c1-14(2)17-6-4-5-7-18(17)25-21(31)13-33-23-29-28-22(30(23)24)20-12-19(26-27-20)15-8-10-16(32-3)11-9-15/h4-12,14H,13,24H2,1-3H3,(H,25,31)(H,26,27). The Hall–Kier alpha value is -3.79. The van der Waals surface area contributed by atoms with Crippen molar-refractivity contribution in [3.05, 3.63) is 60.2 Å². The Morgan fingerprint density at radius 2 is 1.94 bits per heavy atom. The first-order valence-corrected chi connectivity index (χ1v) is 11.4. The van der Waals surface area contributed by atoms with Crippen molar-refractivity contribution in [1.82, 2.24) is 25.1 Å². The Balaban J connectivity index is 1.42. The van der Waals surface area contributed by atoms with E-state index in [1.54, 1.807) is 7.11 Å². The first kappa shape index (κ1) is 22.4. The lowest BCUT2D eigenvalue weighted by Crippen LogP contribution is -2.17. The molecule has 0 aliphatic carbocycles. The molecule has 0 aliphatic rings. The predicted octanol–water partition coefficient (Wildman–Crippen LogP) is 3.91. The normalized spacial score (nSPS) is 11.0. The van der Waals surface area contributed by atoms with E-state index in [9.17, 15) is 4.79 Å². The fraction of sp³-hybridized carbons (Fsp3) is 0.217. The quantitative estimate of drug-likeness (QED) is 0.267. The highest BCUT2D eigenvalue weighted by atomic mass is 32.2. The molecule has 0 saturated heterocycles. The van der Waals surface area contributed by atoms with Gasteiger partial charge in [-0.05, 0) is 47.9 Å². The summed E-state index contributed by atoms with van der Waals surface area (Å²) in [6.07, 6.45) is 0. The number of para-hydroxylation sites is 1. The van der Waals surface area contributed by atoms with Crippen LogP contribution in [0, 0.1) is 0 Å². The highest BCUT2D eigenvalue weighted by molar-refractivity contribution is 7.99. The maximum atomic E-state index is 12.5. The van der Waals surface area contributed by atoms with E-state index in [-0.39, 0.29) is 11.7 Å². The minimum absolute atomic E-state index is 0.138. The van der Waals surface area contributed by atoms with Gasteiger partial charge in [0.25, 0.3) is 0 Å². The molecule has 0 bridgehead atoms. The molecule has 0 unspecified atom stereocenters. The van der Waals surface area contributed by atoms with E-state index in [1.807, 2.05) is 54.6 Å². The maximum Gasteiger partial charge on any atom is 0.234 e. The molecular weight excluding hydrogens is 438 g/mol. The van der Waals surface area contributed by atoms with Gasteiger partial charge in [-0.3, -0.25) is 9.89 Å². The number of hydrogen-bond acceptors (Lipinski definition) is 7. The molecule has 0 spiro atoms. The summed E-state index contributed by atoms with van der Waals surface area (Å²) in [4.78, 5) is 12.5. The molecule has 4 N–H and O–H groups in total. The van der Waals surface area contributed by atoms with Gasteiger partial charge in [-0.25, -0.2) is 4.68 Å². The van der Waals surface area contributed by atoms with E-state index >= 15 is 0 Å². The van der Waals surface area contributed by atoms with E-state index < -0.39 is 0 Å². The smallest absolute Gasteiger partial charge is 0.234 e. The van der Waals surface area contributed by atoms with Crippen molar-refractivity contribution < 1.29 is 9.53 Å². The van der Waals surface area contributed by atoms with Crippen LogP contribution in [-0.2, 0) is 4.79 Å². The average molecular weight is 464 g/mol. The third-order valence-electron chi connectivity index (χ3n) is 5.06. The number of carbonyl (C=O) groups excluding carboxylic acids is 1. The van der Waals surface area contributed by atoms with Gasteiger partial charge in [-0.15, -0.1) is 10.2 Å². The molecule has 9 nitrogen and oxygen atoms in total. The van der Waals surface area contributed by atoms with E-state index in [0.717, 1.165) is 28.3 Å². The van der Waals surface area contributed by atoms with E-state index in [1.165, 1.54) is 16.4 Å². The number of methoxy groups -OCH3 is 1. The molecule has 2 heterocycles. The van der Waals surface area contributed by atoms with Crippen LogP contribution in [0.2, 0.25) is 0 Å². The zero-order valence-electron chi connectivity index (χ0n) is 18.6. The van der Waals surface area contributed by atoms with Gasteiger partial charge < -0.3 is 15.9 Å². The Labute approximate surface area is 195 Å². The number of rotatable bonds is 8. The molecule has 0 atom stereocenters. The maximum absolute atomic E-state index is 12.5. The highest BCUT2D eigenvalue weighted by Gasteiger charge is 2.17. The van der Waals surface area contributed by atoms with Crippen LogP contribution in [0.1, 0.15) is 25.3 Å². The molecule has 1 amide bonds. The lowest BCUT2D eigenvalue weighted by molar-refractivity contribution is -0.113. The summed E-state index contributed by atoms with van der Waals surface area (Å²) in [5, 5.41) is 19.0. The second kappa shape index (κ2) is 9.78. The molecule has 4 rings (SSSR count). The monoisotopic (exact) mass is 463 g/mol. The van der Waals surface area contributed by atoms with E-state index in [4.69, 9.17) is 10.6 Å². The fourth-order valence-corrected chi connectivity index (χ4v) is 3.99. The average Bonchev–Trinajstić information content (AvgIpc) is 3.45. The van der Waals surface area contributed by atoms with Gasteiger partial charge in [0.2, 0.25) is 16.9 Å². The molecule has 0 aliphatic heterocycles. The molecule has 0 fully saturated rings. The van der Waals surface area contributed by atoms with E-state index in [0.29, 0.717) is 22.6 Å². The minimum Gasteiger partial charge on any atom is -0.497 e. The van der Waals surface area contributed by atoms with Gasteiger partial charge in [0.05, 0.1) is 18.6 Å². The van der Waals surface area contributed by atoms with Gasteiger partial charge in [-0.1, -0.05) is 43.8 Å². The Morgan fingerprint density at radius 3 is 2.67 bits per heavy atom. The minimum atomic E-state index is -0.138. The number of hydrogen-bond donors (Lipinski definition) is 3. The fourth-order valence-electron chi connectivity index (χ4n) is 3.34. The zero-order valence-corrected chi connectivity index (χ0v) is 19.4. The summed E-state index contributed by atoms with van der Waals surface area (Å²) < 4.78 is 6.54. The lowest BCUT2D eigenvalue weighted by Gasteiger charge is -2.13. The third-order valence-corrected chi connectivity index (χ3v) is 6.00. The number of anilines is 1. The largest absolute Gasteiger partial charge is 0.497 e. The molecule has 170 valence electrons. The summed E-state index contributed by atoms with van der Waals surface area (Å²) in [6.45, 7) is 4.18. The predicted molar refractivity (Wildman–Crippen MR) is 130 cm³/mol. The number of amides is 1. The van der Waals surface area contributed by atoms with Crippen LogP contribution in [0.5, 0.6) is 5.75 Å². The number of H-pyrrole nitrogens is 1. The molecule has 0 radical (unpaired) electrons. The molecule has 4 aromatic rings. The molecule has 2 aromatic carbocycles. The summed E-state index contributed by atoms with van der Waals surface area (Å²) >= 11 is 1.22. The molecule has 0 saturated carbocycles. The number of nitrogens with two attached hydrogens (primary N) is 1. The zero-order chi connectivity index (χ0) is 23.4. The second-order valence-corrected chi connectivity index (χ2v) is 8.59. The molecular formula is C23H25N7O2S. The van der Waals surface area contributed by atoms with Gasteiger partial charge in [-0.2, -0.15) is 5.10 Å². The van der Waals surface area contributed by atoms with Crippen LogP contribution >= 0.6 is 11.8 Å².